The maximum Gasteiger partial charge on any atom is 0.586 e. The predicted octanol–water partition coefficient (Wildman–Crippen LogP) is 3.13. The van der Waals surface area contributed by atoms with Crippen LogP contribution in [-0.2, 0) is 22.2 Å². The number of ether oxygens (including phenoxy) is 2. The number of carbonyl (C=O) groups is 1. The van der Waals surface area contributed by atoms with Gasteiger partial charge in [0.25, 0.3) is 0 Å². The van der Waals surface area contributed by atoms with E-state index in [2.05, 4.69) is 14.8 Å². The van der Waals surface area contributed by atoms with Crippen LogP contribution >= 0.6 is 0 Å². The first-order valence-electron chi connectivity index (χ1n) is 11.9. The third-order valence-corrected chi connectivity index (χ3v) is 7.12. The fourth-order valence-corrected chi connectivity index (χ4v) is 4.76. The standard InChI is InChI=1S/C26H27F3N2O6/c1-24(2,13-33)22-8-14-7-18(17(27)10-19(14)31(22)11-16(34)12-32)30-23(35)25(5-6-25)15-3-4-20-21(9-15)37-26(28,29)36-20/h3-4,7-10,16,32-34H,5-6,11-13H2,1-2H3,(H,30,35)/p+1/t16-/m1/s1. The van der Waals surface area contributed by atoms with Gasteiger partial charge in [0.1, 0.15) is 5.82 Å². The lowest BCUT2D eigenvalue weighted by Crippen LogP contribution is -2.29. The van der Waals surface area contributed by atoms with Gasteiger partial charge in [0.05, 0.1) is 41.3 Å². The van der Waals surface area contributed by atoms with E-state index in [0.717, 1.165) is 0 Å². The maximum atomic E-state index is 15.2. The van der Waals surface area contributed by atoms with Gasteiger partial charge < -0.3 is 34.7 Å². The fourth-order valence-electron chi connectivity index (χ4n) is 4.76. The van der Waals surface area contributed by atoms with Gasteiger partial charge in [0, 0.05) is 17.1 Å². The van der Waals surface area contributed by atoms with E-state index >= 15 is 4.39 Å². The van der Waals surface area contributed by atoms with Gasteiger partial charge >= 0.3 is 6.29 Å². The molecule has 1 saturated carbocycles. The number of amides is 1. The van der Waals surface area contributed by atoms with Crippen LogP contribution in [0.25, 0.3) is 10.9 Å². The number of carbonyl (C=O) groups excluding carboxylic acids is 1. The Morgan fingerprint density at radius 3 is 2.54 bits per heavy atom. The smallest absolute Gasteiger partial charge is 0.445 e. The van der Waals surface area contributed by atoms with Gasteiger partial charge in [-0.1, -0.05) is 6.07 Å². The molecule has 198 valence electrons. The average molecular weight is 522 g/mol. The van der Waals surface area contributed by atoms with Crippen molar-refractivity contribution < 1.29 is 42.8 Å². The first-order valence-corrected chi connectivity index (χ1v) is 11.9. The minimum atomic E-state index is -3.77. The second kappa shape index (κ2) is 8.64. The summed E-state index contributed by atoms with van der Waals surface area (Å²) in [6.45, 7) is 3.28. The average Bonchev–Trinajstić information content (AvgIpc) is 3.50. The molecule has 37 heavy (non-hydrogen) atoms. The molecular weight excluding hydrogens is 493 g/mol. The summed E-state index contributed by atoms with van der Waals surface area (Å²) in [7, 11) is 0. The first kappa shape index (κ1) is 25.4. The van der Waals surface area contributed by atoms with Gasteiger partial charge in [-0.3, -0.25) is 4.79 Å². The van der Waals surface area contributed by atoms with E-state index in [1.54, 1.807) is 10.6 Å². The molecule has 1 aliphatic heterocycles. The molecule has 1 aromatic heterocycles. The molecule has 0 radical (unpaired) electrons. The second-order valence-corrected chi connectivity index (χ2v) is 10.3. The van der Waals surface area contributed by atoms with Crippen molar-refractivity contribution in [2.24, 2.45) is 0 Å². The normalized spacial score (nSPS) is 18.2. The number of aliphatic hydroxyl groups is 2. The summed E-state index contributed by atoms with van der Waals surface area (Å²) in [5.74, 6) is -1.46. The number of benzene rings is 2. The number of nitrogens with one attached hydrogen (secondary N) is 1. The highest BCUT2D eigenvalue weighted by Gasteiger charge is 2.53. The van der Waals surface area contributed by atoms with Crippen molar-refractivity contribution in [2.75, 3.05) is 18.5 Å². The molecule has 8 nitrogen and oxygen atoms in total. The molecular formula is C26H28F3N2O6+. The van der Waals surface area contributed by atoms with Gasteiger partial charge in [-0.2, -0.15) is 0 Å². The van der Waals surface area contributed by atoms with Crippen molar-refractivity contribution in [1.82, 2.24) is 4.57 Å². The van der Waals surface area contributed by atoms with E-state index in [1.165, 1.54) is 30.3 Å². The van der Waals surface area contributed by atoms with E-state index in [0.29, 0.717) is 35.0 Å². The molecule has 0 saturated heterocycles. The second-order valence-electron chi connectivity index (χ2n) is 10.3. The zero-order chi connectivity index (χ0) is 26.8. The van der Waals surface area contributed by atoms with Crippen molar-refractivity contribution in [3.8, 4) is 11.5 Å². The summed E-state index contributed by atoms with van der Waals surface area (Å²) in [5, 5.41) is 30.6. The lowest BCUT2D eigenvalue weighted by molar-refractivity contribution is -0.286. The zero-order valence-electron chi connectivity index (χ0n) is 20.3. The van der Waals surface area contributed by atoms with Crippen LogP contribution < -0.4 is 14.8 Å². The van der Waals surface area contributed by atoms with Crippen molar-refractivity contribution in [1.29, 1.82) is 0 Å². The molecule has 2 heterocycles. The van der Waals surface area contributed by atoms with Gasteiger partial charge in [-0.25, -0.2) is 4.39 Å². The fraction of sp³-hybridized carbons (Fsp3) is 0.423. The Balaban J connectivity index is 1.46. The SMILES string of the molecule is CC(C)(C[OH2+])c1cc2cc(NC(=O)C3(c4ccc5c(c4)OC(F)(F)O5)CC3)c(F)cc2n1C[C@@H](O)CO. The maximum absolute atomic E-state index is 15.2. The minimum Gasteiger partial charge on any atom is -0.445 e. The number of nitrogens with zero attached hydrogens (tertiary/aromatic N) is 1. The van der Waals surface area contributed by atoms with Crippen LogP contribution in [0.3, 0.4) is 0 Å². The van der Waals surface area contributed by atoms with Crippen molar-refractivity contribution in [2.45, 2.75) is 56.5 Å². The lowest BCUT2D eigenvalue weighted by Gasteiger charge is -2.23. The van der Waals surface area contributed by atoms with E-state index < -0.39 is 41.6 Å². The number of hydrogen-bond acceptors (Lipinski definition) is 5. The Morgan fingerprint density at radius 2 is 1.89 bits per heavy atom. The molecule has 5 rings (SSSR count). The number of anilines is 1. The molecule has 5 N–H and O–H groups in total. The molecule has 0 unspecified atom stereocenters. The lowest BCUT2D eigenvalue weighted by atomic mass is 9.90. The van der Waals surface area contributed by atoms with E-state index in [1.807, 2.05) is 13.8 Å². The first-order chi connectivity index (χ1) is 17.4. The predicted molar refractivity (Wildman–Crippen MR) is 129 cm³/mol. The quantitative estimate of drug-likeness (QED) is 0.394. The van der Waals surface area contributed by atoms with Gasteiger partial charge in [-0.15, -0.1) is 8.78 Å². The van der Waals surface area contributed by atoms with Crippen LogP contribution in [0.2, 0.25) is 0 Å². The van der Waals surface area contributed by atoms with E-state index in [9.17, 15) is 23.8 Å². The van der Waals surface area contributed by atoms with Crippen LogP contribution in [0.1, 0.15) is 37.9 Å². The van der Waals surface area contributed by atoms with Crippen LogP contribution in [0.4, 0.5) is 18.9 Å². The summed E-state index contributed by atoms with van der Waals surface area (Å²) in [4.78, 5) is 13.3. The van der Waals surface area contributed by atoms with Gasteiger partial charge in [0.2, 0.25) is 5.91 Å². The molecule has 0 bridgehead atoms. The number of alkyl halides is 2. The topological polar surface area (TPSA) is 116 Å². The van der Waals surface area contributed by atoms with Crippen LogP contribution in [0.5, 0.6) is 11.5 Å². The Labute approximate surface area is 210 Å². The molecule has 1 aliphatic carbocycles. The monoisotopic (exact) mass is 521 g/mol. The Bertz CT molecular complexity index is 1380. The van der Waals surface area contributed by atoms with E-state index in [4.69, 9.17) is 5.11 Å². The number of rotatable bonds is 8. The van der Waals surface area contributed by atoms with Gasteiger partial charge in [0.15, 0.2) is 18.1 Å². The number of fused-ring (bicyclic) bond motifs is 2. The number of hydrogen-bond donors (Lipinski definition) is 3. The molecule has 1 fully saturated rings. The van der Waals surface area contributed by atoms with Gasteiger partial charge in [-0.05, 0) is 56.5 Å². The largest absolute Gasteiger partial charge is 0.586 e. The van der Waals surface area contributed by atoms with Crippen LogP contribution in [0, 0.1) is 5.82 Å². The molecule has 3 aromatic rings. The third-order valence-electron chi connectivity index (χ3n) is 7.12. The van der Waals surface area contributed by atoms with Crippen molar-refractivity contribution >= 4 is 22.5 Å². The van der Waals surface area contributed by atoms with Crippen LogP contribution in [0.15, 0.2) is 36.4 Å². The van der Waals surface area contributed by atoms with Crippen LogP contribution in [-0.4, -0.2) is 51.4 Å². The number of aliphatic hydroxyl groups excluding tert-OH is 2. The molecule has 2 aromatic carbocycles. The summed E-state index contributed by atoms with van der Waals surface area (Å²) in [6.07, 6.45) is -3.93. The summed E-state index contributed by atoms with van der Waals surface area (Å²) >= 11 is 0. The molecule has 0 spiro atoms. The number of aromatic nitrogens is 1. The highest BCUT2D eigenvalue weighted by Crippen LogP contribution is 2.52. The van der Waals surface area contributed by atoms with Crippen molar-refractivity contribution in [3.05, 3.63) is 53.5 Å². The number of halogens is 3. The summed E-state index contributed by atoms with van der Waals surface area (Å²) in [5.41, 5.74) is -0.0717. The minimum absolute atomic E-state index is 0.0101. The summed E-state index contributed by atoms with van der Waals surface area (Å²) in [6, 6.07) is 8.73. The molecule has 11 heteroatoms. The molecule has 2 aliphatic rings. The Kier molecular flexibility index (Phi) is 5.93. The molecule has 1 atom stereocenters. The van der Waals surface area contributed by atoms with E-state index in [-0.39, 0.29) is 30.3 Å². The highest BCUT2D eigenvalue weighted by molar-refractivity contribution is 6.02. The third kappa shape index (κ3) is 4.41. The zero-order valence-corrected chi connectivity index (χ0v) is 20.3. The Hall–Kier alpha value is -3.28. The summed E-state index contributed by atoms with van der Waals surface area (Å²) < 4.78 is 52.7. The van der Waals surface area contributed by atoms with Crippen molar-refractivity contribution in [3.63, 3.8) is 0 Å². The highest BCUT2D eigenvalue weighted by atomic mass is 19.3. The Morgan fingerprint density at radius 1 is 1.19 bits per heavy atom. The molecule has 1 amide bonds.